The maximum atomic E-state index is 6.43. The smallest absolute Gasteiger partial charge is 0.180 e. The fourth-order valence-corrected chi connectivity index (χ4v) is 2.73. The van der Waals surface area contributed by atoms with Crippen LogP contribution in [0.25, 0.3) is 0 Å². The number of ether oxygens (including phenoxy) is 2. The molecule has 0 amide bonds. The first kappa shape index (κ1) is 18.6. The molecule has 2 rings (SSSR count). The molecule has 0 spiro atoms. The molecule has 0 fully saturated rings. The van der Waals surface area contributed by atoms with Crippen molar-refractivity contribution in [1.82, 2.24) is 5.32 Å². The number of benzene rings is 2. The number of halogens is 1. The van der Waals surface area contributed by atoms with Crippen molar-refractivity contribution in [2.24, 2.45) is 5.92 Å². The molecular formula is C20H26ClNO2. The molecule has 3 nitrogen and oxygen atoms in total. The molecule has 0 aliphatic heterocycles. The molecule has 0 radical (unpaired) electrons. The summed E-state index contributed by atoms with van der Waals surface area (Å²) in [6.45, 7) is 8.62. The molecule has 24 heavy (non-hydrogen) atoms. The summed E-state index contributed by atoms with van der Waals surface area (Å²) in [4.78, 5) is 0. The molecule has 0 aliphatic carbocycles. The number of methoxy groups -OCH3 is 1. The van der Waals surface area contributed by atoms with Crippen molar-refractivity contribution in [3.8, 4) is 11.5 Å². The SMILES string of the molecule is COc1cc(CNCC(C)C)cc(Cl)c1OCc1ccccc1C. The van der Waals surface area contributed by atoms with E-state index in [1.807, 2.05) is 24.3 Å². The van der Waals surface area contributed by atoms with E-state index in [9.17, 15) is 0 Å². The zero-order chi connectivity index (χ0) is 17.5. The normalized spacial score (nSPS) is 10.9. The molecule has 0 atom stereocenters. The summed E-state index contributed by atoms with van der Waals surface area (Å²) in [6.07, 6.45) is 0. The summed E-state index contributed by atoms with van der Waals surface area (Å²) >= 11 is 6.43. The fraction of sp³-hybridized carbons (Fsp3) is 0.400. The van der Waals surface area contributed by atoms with Gasteiger partial charge in [-0.25, -0.2) is 0 Å². The van der Waals surface area contributed by atoms with Crippen LogP contribution in [-0.4, -0.2) is 13.7 Å². The molecule has 2 aromatic carbocycles. The Balaban J connectivity index is 2.10. The van der Waals surface area contributed by atoms with E-state index in [1.165, 1.54) is 5.56 Å². The lowest BCUT2D eigenvalue weighted by Crippen LogP contribution is -2.19. The van der Waals surface area contributed by atoms with E-state index in [-0.39, 0.29) is 0 Å². The van der Waals surface area contributed by atoms with Crippen LogP contribution in [0.2, 0.25) is 5.02 Å². The van der Waals surface area contributed by atoms with E-state index in [0.717, 1.165) is 24.2 Å². The minimum absolute atomic E-state index is 0.466. The van der Waals surface area contributed by atoms with Gasteiger partial charge in [0.2, 0.25) is 0 Å². The van der Waals surface area contributed by atoms with E-state index in [4.69, 9.17) is 21.1 Å². The van der Waals surface area contributed by atoms with Crippen molar-refractivity contribution in [1.29, 1.82) is 0 Å². The highest BCUT2D eigenvalue weighted by molar-refractivity contribution is 6.32. The third-order valence-corrected chi connectivity index (χ3v) is 4.08. The van der Waals surface area contributed by atoms with Gasteiger partial charge in [0.05, 0.1) is 12.1 Å². The molecule has 130 valence electrons. The number of hydrogen-bond acceptors (Lipinski definition) is 3. The Bertz CT molecular complexity index is 671. The molecule has 0 heterocycles. The van der Waals surface area contributed by atoms with Crippen LogP contribution in [0, 0.1) is 12.8 Å². The lowest BCUT2D eigenvalue weighted by molar-refractivity contribution is 0.284. The van der Waals surface area contributed by atoms with Gasteiger partial charge in [-0.1, -0.05) is 49.7 Å². The predicted molar refractivity (Wildman–Crippen MR) is 100 cm³/mol. The summed E-state index contributed by atoms with van der Waals surface area (Å²) in [5.74, 6) is 1.87. The quantitative estimate of drug-likeness (QED) is 0.730. The number of rotatable bonds is 8. The molecule has 1 N–H and O–H groups in total. The standard InChI is InChI=1S/C20H26ClNO2/c1-14(2)11-22-12-16-9-18(21)20(19(10-16)23-4)24-13-17-8-6-5-7-15(17)3/h5-10,14,22H,11-13H2,1-4H3. The Morgan fingerprint density at radius 3 is 2.58 bits per heavy atom. The first-order valence-electron chi connectivity index (χ1n) is 8.25. The lowest BCUT2D eigenvalue weighted by atomic mass is 10.1. The maximum absolute atomic E-state index is 6.43. The molecule has 0 saturated carbocycles. The summed E-state index contributed by atoms with van der Waals surface area (Å²) in [5, 5.41) is 3.98. The van der Waals surface area contributed by atoms with Crippen LogP contribution in [0.4, 0.5) is 0 Å². The van der Waals surface area contributed by atoms with Crippen molar-refractivity contribution in [3.63, 3.8) is 0 Å². The molecule has 0 saturated heterocycles. The van der Waals surface area contributed by atoms with Gasteiger partial charge in [0.25, 0.3) is 0 Å². The average Bonchev–Trinajstić information content (AvgIpc) is 2.54. The minimum atomic E-state index is 0.466. The van der Waals surface area contributed by atoms with Gasteiger partial charge in [0.1, 0.15) is 6.61 Å². The third-order valence-electron chi connectivity index (χ3n) is 3.80. The summed E-state index contributed by atoms with van der Waals surface area (Å²) in [6, 6.07) is 12.1. The van der Waals surface area contributed by atoms with Crippen molar-refractivity contribution in [2.75, 3.05) is 13.7 Å². The Hall–Kier alpha value is -1.71. The van der Waals surface area contributed by atoms with E-state index < -0.39 is 0 Å². The van der Waals surface area contributed by atoms with E-state index >= 15 is 0 Å². The van der Waals surface area contributed by atoms with Gasteiger partial charge in [-0.05, 0) is 48.2 Å². The second kappa shape index (κ2) is 8.95. The second-order valence-electron chi connectivity index (χ2n) is 6.35. The number of aryl methyl sites for hydroxylation is 1. The molecule has 0 bridgehead atoms. The minimum Gasteiger partial charge on any atom is -0.493 e. The highest BCUT2D eigenvalue weighted by Crippen LogP contribution is 2.37. The van der Waals surface area contributed by atoms with Gasteiger partial charge < -0.3 is 14.8 Å². The Labute approximate surface area is 149 Å². The topological polar surface area (TPSA) is 30.5 Å². The zero-order valence-electron chi connectivity index (χ0n) is 14.9. The van der Waals surface area contributed by atoms with Gasteiger partial charge in [-0.3, -0.25) is 0 Å². The van der Waals surface area contributed by atoms with Gasteiger partial charge in [0, 0.05) is 6.54 Å². The average molecular weight is 348 g/mol. The van der Waals surface area contributed by atoms with Crippen LogP contribution in [0.1, 0.15) is 30.5 Å². The van der Waals surface area contributed by atoms with Gasteiger partial charge in [-0.2, -0.15) is 0 Å². The third kappa shape index (κ3) is 5.15. The number of hydrogen-bond donors (Lipinski definition) is 1. The van der Waals surface area contributed by atoms with Gasteiger partial charge in [0.15, 0.2) is 11.5 Å². The van der Waals surface area contributed by atoms with E-state index in [1.54, 1.807) is 7.11 Å². The van der Waals surface area contributed by atoms with Crippen LogP contribution < -0.4 is 14.8 Å². The fourth-order valence-electron chi connectivity index (χ4n) is 2.44. The monoisotopic (exact) mass is 347 g/mol. The summed E-state index contributed by atoms with van der Waals surface area (Å²) in [7, 11) is 1.64. The van der Waals surface area contributed by atoms with Crippen LogP contribution in [0.3, 0.4) is 0 Å². The second-order valence-corrected chi connectivity index (χ2v) is 6.76. The highest BCUT2D eigenvalue weighted by atomic mass is 35.5. The van der Waals surface area contributed by atoms with Crippen molar-refractivity contribution in [2.45, 2.75) is 33.9 Å². The van der Waals surface area contributed by atoms with Crippen LogP contribution in [0.15, 0.2) is 36.4 Å². The molecule has 0 aliphatic rings. The van der Waals surface area contributed by atoms with E-state index in [0.29, 0.717) is 29.0 Å². The first-order chi connectivity index (χ1) is 11.5. The Morgan fingerprint density at radius 2 is 1.92 bits per heavy atom. The molecule has 4 heteroatoms. The summed E-state index contributed by atoms with van der Waals surface area (Å²) < 4.78 is 11.4. The molecule has 0 aromatic heterocycles. The van der Waals surface area contributed by atoms with Crippen molar-refractivity contribution in [3.05, 3.63) is 58.1 Å². The predicted octanol–water partition coefficient (Wildman–Crippen LogP) is 4.98. The van der Waals surface area contributed by atoms with Gasteiger partial charge >= 0.3 is 0 Å². The van der Waals surface area contributed by atoms with Crippen LogP contribution >= 0.6 is 11.6 Å². The van der Waals surface area contributed by atoms with Crippen LogP contribution in [0.5, 0.6) is 11.5 Å². The maximum Gasteiger partial charge on any atom is 0.180 e. The van der Waals surface area contributed by atoms with Crippen LogP contribution in [-0.2, 0) is 13.2 Å². The van der Waals surface area contributed by atoms with Crippen molar-refractivity contribution >= 4 is 11.6 Å². The number of nitrogens with one attached hydrogen (secondary N) is 1. The van der Waals surface area contributed by atoms with Gasteiger partial charge in [-0.15, -0.1) is 0 Å². The molecule has 0 unspecified atom stereocenters. The highest BCUT2D eigenvalue weighted by Gasteiger charge is 2.13. The molecule has 2 aromatic rings. The van der Waals surface area contributed by atoms with E-state index in [2.05, 4.69) is 38.2 Å². The molecular weight excluding hydrogens is 322 g/mol. The van der Waals surface area contributed by atoms with Crippen molar-refractivity contribution < 1.29 is 9.47 Å². The summed E-state index contributed by atoms with van der Waals surface area (Å²) in [5.41, 5.74) is 3.42. The largest absolute Gasteiger partial charge is 0.493 e. The zero-order valence-corrected chi connectivity index (χ0v) is 15.6. The first-order valence-corrected chi connectivity index (χ1v) is 8.63. The Morgan fingerprint density at radius 1 is 1.17 bits per heavy atom. The lowest BCUT2D eigenvalue weighted by Gasteiger charge is -2.15. The Kier molecular flexibility index (Phi) is 6.95.